The quantitative estimate of drug-likeness (QED) is 0.662. The number of hydrogen-bond donors (Lipinski definition) is 1. The van der Waals surface area contributed by atoms with Gasteiger partial charge in [0.2, 0.25) is 5.91 Å². The zero-order valence-corrected chi connectivity index (χ0v) is 20.8. The molecule has 2 aromatic rings. The van der Waals surface area contributed by atoms with Crippen molar-refractivity contribution in [1.29, 1.82) is 0 Å². The number of ether oxygens (including phenoxy) is 1. The summed E-state index contributed by atoms with van der Waals surface area (Å²) in [5.74, 6) is 0.277. The molecule has 0 bridgehead atoms. The number of carbonyl (C=O) groups excluding carboxylic acids is 2. The number of carbonyl (C=O) groups is 2. The minimum atomic E-state index is -0.636. The number of rotatable bonds is 7. The van der Waals surface area contributed by atoms with Crippen molar-refractivity contribution in [3.63, 3.8) is 0 Å². The van der Waals surface area contributed by atoms with Gasteiger partial charge in [-0.15, -0.1) is 0 Å². The monoisotopic (exact) mass is 438 g/mol. The maximum atomic E-state index is 13.3. The minimum Gasteiger partial charge on any atom is -0.483 e. The van der Waals surface area contributed by atoms with Crippen molar-refractivity contribution in [2.24, 2.45) is 0 Å². The predicted octanol–water partition coefficient (Wildman–Crippen LogP) is 5.00. The Bertz CT molecular complexity index is 938. The molecule has 1 N–H and O–H groups in total. The van der Waals surface area contributed by atoms with Crippen LogP contribution in [0.15, 0.2) is 48.5 Å². The molecule has 0 saturated heterocycles. The molecule has 0 heterocycles. The summed E-state index contributed by atoms with van der Waals surface area (Å²) in [6, 6.07) is 15.0. The average Bonchev–Trinajstić information content (AvgIpc) is 2.69. The van der Waals surface area contributed by atoms with Gasteiger partial charge in [-0.05, 0) is 62.8 Å². The molecule has 0 aliphatic carbocycles. The topological polar surface area (TPSA) is 58.6 Å². The average molecular weight is 439 g/mol. The molecule has 174 valence electrons. The molecule has 32 heavy (non-hydrogen) atoms. The minimum absolute atomic E-state index is 0.111. The largest absolute Gasteiger partial charge is 0.483 e. The Morgan fingerprint density at radius 1 is 0.969 bits per heavy atom. The third-order valence-corrected chi connectivity index (χ3v) is 5.31. The summed E-state index contributed by atoms with van der Waals surface area (Å²) in [7, 11) is 0. The van der Waals surface area contributed by atoms with E-state index in [1.807, 2.05) is 76.2 Å². The number of hydrogen-bond acceptors (Lipinski definition) is 3. The second kappa shape index (κ2) is 10.2. The lowest BCUT2D eigenvalue weighted by Gasteiger charge is -2.32. The van der Waals surface area contributed by atoms with Crippen LogP contribution in [0.4, 0.5) is 0 Å². The summed E-state index contributed by atoms with van der Waals surface area (Å²) < 4.78 is 5.98. The van der Waals surface area contributed by atoms with E-state index >= 15 is 0 Å². The molecule has 0 saturated carbocycles. The molecule has 0 aromatic heterocycles. The summed E-state index contributed by atoms with van der Waals surface area (Å²) in [6.45, 7) is 16.1. The molecular weight excluding hydrogens is 400 g/mol. The summed E-state index contributed by atoms with van der Waals surface area (Å²) >= 11 is 0. The Hall–Kier alpha value is -2.82. The SMILES string of the molecule is Cc1ccccc1CN(C(=O)COc1ccccc1C(C)(C)C)[C@@H](C)C(=O)NC(C)(C)C. The first-order valence-electron chi connectivity index (χ1n) is 11.2. The van der Waals surface area contributed by atoms with Gasteiger partial charge in [-0.1, -0.05) is 63.2 Å². The highest BCUT2D eigenvalue weighted by atomic mass is 16.5. The van der Waals surface area contributed by atoms with Gasteiger partial charge in [0.1, 0.15) is 11.8 Å². The van der Waals surface area contributed by atoms with Gasteiger partial charge in [0, 0.05) is 12.1 Å². The first-order valence-corrected chi connectivity index (χ1v) is 11.2. The van der Waals surface area contributed by atoms with Crippen molar-refractivity contribution in [2.45, 2.75) is 78.9 Å². The number of para-hydroxylation sites is 1. The number of amides is 2. The number of nitrogens with zero attached hydrogens (tertiary/aromatic N) is 1. The van der Waals surface area contributed by atoms with Crippen LogP contribution >= 0.6 is 0 Å². The zero-order chi connectivity index (χ0) is 24.1. The molecule has 0 aliphatic rings. The standard InChI is InChI=1S/C27H38N2O3/c1-19-13-9-10-14-21(19)17-29(20(2)25(31)28-27(6,7)8)24(30)18-32-23-16-12-11-15-22(23)26(3,4)5/h9-16,20H,17-18H2,1-8H3,(H,28,31)/t20-/m0/s1. The van der Waals surface area contributed by atoms with Crippen molar-refractivity contribution in [3.8, 4) is 5.75 Å². The summed E-state index contributed by atoms with van der Waals surface area (Å²) in [4.78, 5) is 27.8. The van der Waals surface area contributed by atoms with Crippen molar-refractivity contribution >= 4 is 11.8 Å². The summed E-state index contributed by atoms with van der Waals surface area (Å²) in [5, 5.41) is 2.98. The molecule has 0 fully saturated rings. The number of aryl methyl sites for hydroxylation is 1. The maximum absolute atomic E-state index is 13.3. The number of nitrogens with one attached hydrogen (secondary N) is 1. The van der Waals surface area contributed by atoms with E-state index in [1.165, 1.54) is 0 Å². The van der Waals surface area contributed by atoms with Gasteiger partial charge in [0.05, 0.1) is 0 Å². The van der Waals surface area contributed by atoms with Gasteiger partial charge in [0.25, 0.3) is 5.91 Å². The molecule has 2 rings (SSSR count). The molecule has 2 amide bonds. The molecule has 1 atom stereocenters. The van der Waals surface area contributed by atoms with Crippen molar-refractivity contribution in [1.82, 2.24) is 10.2 Å². The fraction of sp³-hybridized carbons (Fsp3) is 0.481. The Morgan fingerprint density at radius 2 is 1.56 bits per heavy atom. The van der Waals surface area contributed by atoms with Gasteiger partial charge in [-0.25, -0.2) is 0 Å². The van der Waals surface area contributed by atoms with Crippen LogP contribution in [0, 0.1) is 6.92 Å². The van der Waals surface area contributed by atoms with Crippen LogP contribution in [-0.4, -0.2) is 34.9 Å². The normalized spacial score (nSPS) is 12.8. The Balaban J connectivity index is 2.26. The maximum Gasteiger partial charge on any atom is 0.261 e. The summed E-state index contributed by atoms with van der Waals surface area (Å²) in [6.07, 6.45) is 0. The van der Waals surface area contributed by atoms with Crippen molar-refractivity contribution < 1.29 is 14.3 Å². The van der Waals surface area contributed by atoms with Crippen molar-refractivity contribution in [2.75, 3.05) is 6.61 Å². The second-order valence-corrected chi connectivity index (χ2v) is 10.4. The molecule has 0 spiro atoms. The van der Waals surface area contributed by atoms with Crippen LogP contribution in [-0.2, 0) is 21.5 Å². The van der Waals surface area contributed by atoms with E-state index in [-0.39, 0.29) is 29.4 Å². The third kappa shape index (κ3) is 7.11. The summed E-state index contributed by atoms with van der Waals surface area (Å²) in [5.41, 5.74) is 2.63. The molecule has 0 aliphatic heterocycles. The fourth-order valence-electron chi connectivity index (χ4n) is 3.46. The highest BCUT2D eigenvalue weighted by Gasteiger charge is 2.29. The second-order valence-electron chi connectivity index (χ2n) is 10.4. The Kier molecular flexibility index (Phi) is 8.11. The smallest absolute Gasteiger partial charge is 0.261 e. The molecule has 5 heteroatoms. The van der Waals surface area contributed by atoms with Crippen LogP contribution in [0.2, 0.25) is 0 Å². The highest BCUT2D eigenvalue weighted by molar-refractivity contribution is 5.88. The zero-order valence-electron chi connectivity index (χ0n) is 20.8. The van der Waals surface area contributed by atoms with E-state index in [2.05, 4.69) is 26.1 Å². The van der Waals surface area contributed by atoms with Crippen LogP contribution in [0.1, 0.15) is 65.2 Å². The predicted molar refractivity (Wildman–Crippen MR) is 130 cm³/mol. The molecular formula is C27H38N2O3. The van der Waals surface area contributed by atoms with Gasteiger partial charge >= 0.3 is 0 Å². The third-order valence-electron chi connectivity index (χ3n) is 5.31. The van der Waals surface area contributed by atoms with E-state index in [9.17, 15) is 9.59 Å². The molecule has 0 radical (unpaired) electrons. The van der Waals surface area contributed by atoms with Crippen LogP contribution < -0.4 is 10.1 Å². The number of benzene rings is 2. The Morgan fingerprint density at radius 3 is 2.16 bits per heavy atom. The lowest BCUT2D eigenvalue weighted by molar-refractivity contribution is -0.142. The lowest BCUT2D eigenvalue weighted by atomic mass is 9.86. The molecule has 2 aromatic carbocycles. The van der Waals surface area contributed by atoms with Gasteiger partial charge in [-0.2, -0.15) is 0 Å². The molecule has 5 nitrogen and oxygen atoms in total. The van der Waals surface area contributed by atoms with Crippen molar-refractivity contribution in [3.05, 3.63) is 65.2 Å². The Labute approximate surface area is 193 Å². The fourth-order valence-corrected chi connectivity index (χ4v) is 3.46. The van der Waals surface area contributed by atoms with Crippen LogP contribution in [0.5, 0.6) is 5.75 Å². The van der Waals surface area contributed by atoms with Gasteiger partial charge < -0.3 is 15.0 Å². The highest BCUT2D eigenvalue weighted by Crippen LogP contribution is 2.31. The van der Waals surface area contributed by atoms with Crippen LogP contribution in [0.25, 0.3) is 0 Å². The first-order chi connectivity index (χ1) is 14.8. The van der Waals surface area contributed by atoms with E-state index < -0.39 is 6.04 Å². The van der Waals surface area contributed by atoms with Crippen LogP contribution in [0.3, 0.4) is 0 Å². The van der Waals surface area contributed by atoms with E-state index in [1.54, 1.807) is 11.8 Å². The van der Waals surface area contributed by atoms with Gasteiger partial charge in [-0.3, -0.25) is 9.59 Å². The molecule has 0 unspecified atom stereocenters. The van der Waals surface area contributed by atoms with Gasteiger partial charge in [0.15, 0.2) is 6.61 Å². The van der Waals surface area contributed by atoms with E-state index in [0.29, 0.717) is 12.3 Å². The first kappa shape index (κ1) is 25.4. The lowest BCUT2D eigenvalue weighted by Crippen LogP contribution is -2.53. The van der Waals surface area contributed by atoms with E-state index in [0.717, 1.165) is 16.7 Å². The van der Waals surface area contributed by atoms with E-state index in [4.69, 9.17) is 4.74 Å².